The van der Waals surface area contributed by atoms with Crippen LogP contribution in [-0.2, 0) is 14.4 Å². The first-order valence-electron chi connectivity index (χ1n) is 13.4. The molecule has 0 amide bonds. The zero-order valence-electron chi connectivity index (χ0n) is 25.0. The predicted molar refractivity (Wildman–Crippen MR) is 146 cm³/mol. The Morgan fingerprint density at radius 1 is 0.417 bits per heavy atom. The van der Waals surface area contributed by atoms with Crippen molar-refractivity contribution in [2.45, 2.75) is 152 Å². The van der Waals surface area contributed by atoms with E-state index in [-0.39, 0.29) is 41.7 Å². The molecule has 0 aromatic carbocycles. The second-order valence-corrected chi connectivity index (χ2v) is 13.2. The molecule has 0 bridgehead atoms. The smallest absolute Gasteiger partial charge is 0.303 e. The summed E-state index contributed by atoms with van der Waals surface area (Å²) in [5.41, 5.74) is 1.11. The van der Waals surface area contributed by atoms with Crippen LogP contribution in [-0.4, -0.2) is 33.2 Å². The van der Waals surface area contributed by atoms with Crippen LogP contribution in [0, 0.1) is 58.0 Å². The van der Waals surface area contributed by atoms with Crippen molar-refractivity contribution in [3.8, 4) is 0 Å². The minimum Gasteiger partial charge on any atom is -0.481 e. The Bertz CT molecular complexity index is 522. The third-order valence-electron chi connectivity index (χ3n) is 5.20. The fraction of sp³-hybridized carbons (Fsp3) is 0.897. The van der Waals surface area contributed by atoms with Crippen LogP contribution in [0.15, 0.2) is 0 Å². The average molecular weight is 643 g/mol. The van der Waals surface area contributed by atoms with Crippen LogP contribution >= 0.6 is 0 Å². The molecule has 214 valence electrons. The van der Waals surface area contributed by atoms with Crippen molar-refractivity contribution in [2.24, 2.45) is 16.2 Å². The van der Waals surface area contributed by atoms with E-state index in [1.807, 2.05) is 0 Å². The monoisotopic (exact) mass is 642 g/mol. The summed E-state index contributed by atoms with van der Waals surface area (Å²) in [5, 5.41) is 25.1. The van der Waals surface area contributed by atoms with Gasteiger partial charge in [-0.1, -0.05) is 94.4 Å². The van der Waals surface area contributed by atoms with Gasteiger partial charge >= 0.3 is 17.9 Å². The van der Waals surface area contributed by atoms with E-state index < -0.39 is 17.9 Å². The Morgan fingerprint density at radius 2 is 0.611 bits per heavy atom. The van der Waals surface area contributed by atoms with E-state index in [0.717, 1.165) is 51.4 Å². The van der Waals surface area contributed by atoms with Crippen molar-refractivity contribution >= 4 is 17.9 Å². The van der Waals surface area contributed by atoms with Gasteiger partial charge in [-0.3, -0.25) is 14.4 Å². The summed E-state index contributed by atoms with van der Waals surface area (Å²) in [6.07, 6.45) is 12.4. The van der Waals surface area contributed by atoms with Crippen LogP contribution in [0.1, 0.15) is 152 Å². The van der Waals surface area contributed by atoms with Crippen molar-refractivity contribution < 1.29 is 71.5 Å². The van der Waals surface area contributed by atoms with Gasteiger partial charge in [0.25, 0.3) is 0 Å². The quantitative estimate of drug-likeness (QED) is 0.163. The molecule has 0 saturated heterocycles. The molecule has 7 heteroatoms. The van der Waals surface area contributed by atoms with Crippen LogP contribution < -0.4 is 0 Å². The largest absolute Gasteiger partial charge is 0.481 e. The summed E-state index contributed by atoms with van der Waals surface area (Å²) in [7, 11) is 0. The van der Waals surface area contributed by atoms with Crippen molar-refractivity contribution in [1.82, 2.24) is 0 Å². The molecule has 0 aliphatic rings. The number of rotatable bonds is 14. The second-order valence-electron chi connectivity index (χ2n) is 13.2. The number of unbranched alkanes of at least 4 members (excludes halogenated alkanes) is 5. The molecule has 0 unspecified atom stereocenters. The Labute approximate surface area is 256 Å². The molecule has 3 N–H and O–H groups in total. The number of carboxylic acid groups (broad SMARTS) is 3. The standard InChI is InChI=1S/C11H22O2.2C9H18O2.Ce/c1-11(2,3)9-7-5-4-6-8-10(12)13;2*1-9(2,3)7-5-4-6-8(10)11;/h4-9H2,1-3H3,(H,12,13);2*4-7H2,1-3H3,(H,10,11);. The van der Waals surface area contributed by atoms with Gasteiger partial charge in [0.1, 0.15) is 0 Å². The Balaban J connectivity index is -0.000000211. The Morgan fingerprint density at radius 3 is 0.833 bits per heavy atom. The SMILES string of the molecule is CC(C)(C)CCCCC(=O)O.CC(C)(C)CCCCC(=O)O.CC(C)(C)CCCCCCC(=O)O.[Ce]. The van der Waals surface area contributed by atoms with Gasteiger partial charge in [-0.05, 0) is 54.8 Å². The molecule has 0 saturated carbocycles. The van der Waals surface area contributed by atoms with Crippen LogP contribution in [0.3, 0.4) is 0 Å². The topological polar surface area (TPSA) is 112 Å². The number of hydrogen-bond donors (Lipinski definition) is 3. The van der Waals surface area contributed by atoms with Crippen LogP contribution in [0.5, 0.6) is 0 Å². The molecule has 0 atom stereocenters. The van der Waals surface area contributed by atoms with E-state index in [0.29, 0.717) is 35.5 Å². The molecule has 0 aliphatic carbocycles. The maximum Gasteiger partial charge on any atom is 0.303 e. The van der Waals surface area contributed by atoms with E-state index in [1.165, 1.54) is 19.3 Å². The fourth-order valence-electron chi connectivity index (χ4n) is 3.15. The van der Waals surface area contributed by atoms with Crippen molar-refractivity contribution in [3.63, 3.8) is 0 Å². The van der Waals surface area contributed by atoms with E-state index in [2.05, 4.69) is 62.3 Å². The molecule has 0 radical (unpaired) electrons. The molecule has 0 aromatic heterocycles. The van der Waals surface area contributed by atoms with Gasteiger partial charge in [-0.2, -0.15) is 0 Å². The molecule has 0 aliphatic heterocycles. The van der Waals surface area contributed by atoms with E-state index in [9.17, 15) is 14.4 Å². The first-order valence-corrected chi connectivity index (χ1v) is 13.4. The summed E-state index contributed by atoms with van der Waals surface area (Å²) in [4.78, 5) is 30.4. The van der Waals surface area contributed by atoms with Crippen LogP contribution in [0.4, 0.5) is 0 Å². The minimum atomic E-state index is -0.682. The minimum absolute atomic E-state index is 0. The Hall–Kier alpha value is -0.213. The van der Waals surface area contributed by atoms with Gasteiger partial charge in [-0.25, -0.2) is 0 Å². The number of hydrogen-bond acceptors (Lipinski definition) is 3. The van der Waals surface area contributed by atoms with Gasteiger partial charge in [-0.15, -0.1) is 0 Å². The van der Waals surface area contributed by atoms with Gasteiger partial charge in [0.15, 0.2) is 0 Å². The molecule has 0 spiro atoms. The summed E-state index contributed by atoms with van der Waals surface area (Å²) >= 11 is 0. The zero-order chi connectivity index (χ0) is 28.1. The molecule has 0 heterocycles. The molecule has 0 fully saturated rings. The van der Waals surface area contributed by atoms with Crippen molar-refractivity contribution in [3.05, 3.63) is 0 Å². The van der Waals surface area contributed by atoms with E-state index >= 15 is 0 Å². The van der Waals surface area contributed by atoms with Gasteiger partial charge in [0, 0.05) is 61.0 Å². The zero-order valence-corrected chi connectivity index (χ0v) is 28.1. The number of carboxylic acids is 3. The van der Waals surface area contributed by atoms with Gasteiger partial charge in [0.05, 0.1) is 0 Å². The van der Waals surface area contributed by atoms with Crippen LogP contribution in [0.2, 0.25) is 0 Å². The third kappa shape index (κ3) is 54.6. The number of carbonyl (C=O) groups is 3. The molecular formula is C29H58CeO6. The van der Waals surface area contributed by atoms with Crippen molar-refractivity contribution in [2.75, 3.05) is 0 Å². The molecular weight excluding hydrogens is 584 g/mol. The fourth-order valence-corrected chi connectivity index (χ4v) is 3.15. The molecule has 6 nitrogen and oxygen atoms in total. The summed E-state index contributed by atoms with van der Waals surface area (Å²) in [6.45, 7) is 19.8. The molecule has 36 heavy (non-hydrogen) atoms. The first-order chi connectivity index (χ1) is 15.7. The molecule has 0 rings (SSSR count). The summed E-state index contributed by atoms with van der Waals surface area (Å²) < 4.78 is 0. The predicted octanol–water partition coefficient (Wildman–Crippen LogP) is 8.81. The van der Waals surface area contributed by atoms with Gasteiger partial charge < -0.3 is 15.3 Å². The summed E-state index contributed by atoms with van der Waals surface area (Å²) in [6, 6.07) is 0. The second kappa shape index (κ2) is 23.9. The van der Waals surface area contributed by atoms with Gasteiger partial charge in [0.2, 0.25) is 0 Å². The normalized spacial score (nSPS) is 11.2. The molecule has 0 aromatic rings. The third-order valence-corrected chi connectivity index (χ3v) is 5.20. The van der Waals surface area contributed by atoms with E-state index in [4.69, 9.17) is 15.3 Å². The van der Waals surface area contributed by atoms with Crippen molar-refractivity contribution in [1.29, 1.82) is 0 Å². The van der Waals surface area contributed by atoms with Crippen LogP contribution in [0.25, 0.3) is 0 Å². The Kier molecular flexibility index (Phi) is 28.4. The first kappa shape index (κ1) is 42.9. The maximum atomic E-state index is 10.2. The maximum absolute atomic E-state index is 10.2. The van der Waals surface area contributed by atoms with E-state index in [1.54, 1.807) is 0 Å². The average Bonchev–Trinajstić information content (AvgIpc) is 2.63. The summed E-state index contributed by atoms with van der Waals surface area (Å²) in [5.74, 6) is -2.03. The number of aliphatic carboxylic acids is 3.